The molecule has 0 unspecified atom stereocenters. The maximum absolute atomic E-state index is 15.9. The van der Waals surface area contributed by atoms with E-state index in [4.69, 9.17) is 4.98 Å². The van der Waals surface area contributed by atoms with Crippen molar-refractivity contribution in [1.29, 1.82) is 0 Å². The molecule has 1 aliphatic rings. The van der Waals surface area contributed by atoms with Crippen LogP contribution in [-0.2, 0) is 20.2 Å². The highest BCUT2D eigenvalue weighted by Gasteiger charge is 2.31. The second-order valence-electron chi connectivity index (χ2n) is 10.9. The van der Waals surface area contributed by atoms with Crippen LogP contribution in [0.5, 0.6) is 0 Å². The third-order valence-electron chi connectivity index (χ3n) is 6.52. The van der Waals surface area contributed by atoms with Gasteiger partial charge in [-0.05, 0) is 38.0 Å². The number of hydrogen-bond acceptors (Lipinski definition) is 9. The summed E-state index contributed by atoms with van der Waals surface area (Å²) in [5.74, 6) is -0.364. The number of methoxy groups -OCH3 is 1. The lowest BCUT2D eigenvalue weighted by atomic mass is 9.98. The number of hydrogen-bond donors (Lipinski definition) is 3. The monoisotopic (exact) mass is 590 g/mol. The number of rotatable bonds is 9. The van der Waals surface area contributed by atoms with Gasteiger partial charge in [-0.3, -0.25) is 4.72 Å². The molecule has 3 aromatic rings. The summed E-state index contributed by atoms with van der Waals surface area (Å²) in [5.41, 5.74) is 0.666. The maximum atomic E-state index is 15.9. The van der Waals surface area contributed by atoms with Crippen LogP contribution in [0.4, 0.5) is 20.8 Å². The van der Waals surface area contributed by atoms with Crippen molar-refractivity contribution in [3.05, 3.63) is 41.3 Å². The minimum Gasteiger partial charge on any atom is -0.453 e. The number of alkyl carbamates (subject to hydrolysis) is 1. The summed E-state index contributed by atoms with van der Waals surface area (Å²) in [6.07, 6.45) is 3.89. The van der Waals surface area contributed by atoms with Crippen LogP contribution in [0.3, 0.4) is 0 Å². The predicted octanol–water partition coefficient (Wildman–Crippen LogP) is 5.54. The second-order valence-corrected chi connectivity index (χ2v) is 13.8. The Hall–Kier alpha value is -3.32. The molecule has 1 fully saturated rings. The summed E-state index contributed by atoms with van der Waals surface area (Å²) in [4.78, 5) is 25.8. The van der Waals surface area contributed by atoms with Crippen molar-refractivity contribution in [3.63, 3.8) is 0 Å². The highest BCUT2D eigenvalue weighted by molar-refractivity contribution is 7.93. The summed E-state index contributed by atoms with van der Waals surface area (Å²) in [7, 11) is -2.42. The van der Waals surface area contributed by atoms with Crippen LogP contribution in [0.1, 0.15) is 58.4 Å². The van der Waals surface area contributed by atoms with Gasteiger partial charge >= 0.3 is 6.09 Å². The molecule has 40 heavy (non-hydrogen) atoms. The Morgan fingerprint density at radius 2 is 1.93 bits per heavy atom. The molecule has 1 aromatic carbocycles. The topological polar surface area (TPSA) is 135 Å². The molecule has 0 spiro atoms. The molecule has 0 aliphatic heterocycles. The van der Waals surface area contributed by atoms with Crippen LogP contribution in [0.15, 0.2) is 30.5 Å². The van der Waals surface area contributed by atoms with Gasteiger partial charge in [0.25, 0.3) is 0 Å². The minimum absolute atomic E-state index is 0.0993. The molecule has 1 atom stereocenters. The quantitative estimate of drug-likeness (QED) is 0.295. The van der Waals surface area contributed by atoms with E-state index in [-0.39, 0.29) is 22.7 Å². The van der Waals surface area contributed by atoms with Gasteiger partial charge in [-0.2, -0.15) is 0 Å². The van der Waals surface area contributed by atoms with E-state index in [1.165, 1.54) is 24.5 Å². The third-order valence-corrected chi connectivity index (χ3v) is 9.88. The van der Waals surface area contributed by atoms with E-state index < -0.39 is 27.2 Å². The molecule has 0 radical (unpaired) electrons. The van der Waals surface area contributed by atoms with Crippen molar-refractivity contribution in [3.8, 4) is 21.8 Å². The van der Waals surface area contributed by atoms with Gasteiger partial charge in [0.2, 0.25) is 16.0 Å². The molecular weight excluding hydrogens is 555 g/mol. The number of ether oxygens (including phenoxy) is 1. The van der Waals surface area contributed by atoms with E-state index in [9.17, 15) is 13.2 Å². The molecule has 0 saturated heterocycles. The fourth-order valence-corrected chi connectivity index (χ4v) is 7.04. The highest BCUT2D eigenvalue weighted by atomic mass is 32.2. The zero-order valence-corrected chi connectivity index (χ0v) is 24.9. The molecule has 2 heterocycles. The lowest BCUT2D eigenvalue weighted by Crippen LogP contribution is -2.37. The van der Waals surface area contributed by atoms with Crippen molar-refractivity contribution in [1.82, 2.24) is 20.3 Å². The summed E-state index contributed by atoms with van der Waals surface area (Å²) in [5, 5.41) is 6.02. The van der Waals surface area contributed by atoms with Crippen LogP contribution < -0.4 is 15.4 Å². The fourth-order valence-electron chi connectivity index (χ4n) is 4.35. The number of aromatic nitrogens is 3. The van der Waals surface area contributed by atoms with Gasteiger partial charge in [-0.25, -0.2) is 32.6 Å². The van der Waals surface area contributed by atoms with Crippen molar-refractivity contribution >= 4 is 39.1 Å². The van der Waals surface area contributed by atoms with Crippen LogP contribution >= 0.6 is 11.3 Å². The van der Waals surface area contributed by atoms with Gasteiger partial charge in [0, 0.05) is 29.8 Å². The minimum atomic E-state index is -3.71. The lowest BCUT2D eigenvalue weighted by Gasteiger charge is -2.15. The van der Waals surface area contributed by atoms with Gasteiger partial charge in [0.15, 0.2) is 5.82 Å². The molecular formula is C27H35FN6O4S2. The molecule has 1 aliphatic carbocycles. The SMILES string of the molecule is COC(=O)N[C@@H](C)CNc1nccc(-c2sc(C(C)(C)C)nc2-c2cccc(NS(=O)(=O)C3CCCC3)c2F)n1. The average molecular weight is 591 g/mol. The standard InChI is InChI=1S/C27H35FN6O4S2/c1-16(31-26(35)38-5)15-30-25-29-14-13-20(32-25)23-22(33-24(39-23)27(2,3)4)18-11-8-12-19(21(18)28)34-40(36,37)17-9-6-7-10-17/h8,11-14,16-17,34H,6-7,9-10,15H2,1-5H3,(H,31,35)(H,29,30,32)/t16-/m0/s1. The second kappa shape index (κ2) is 12.0. The number of anilines is 2. The number of amides is 1. The molecule has 2 aromatic heterocycles. The van der Waals surface area contributed by atoms with Crippen LogP contribution in [0.2, 0.25) is 0 Å². The van der Waals surface area contributed by atoms with Gasteiger partial charge in [0.1, 0.15) is 0 Å². The van der Waals surface area contributed by atoms with Crippen molar-refractivity contribution in [2.45, 2.75) is 70.1 Å². The highest BCUT2D eigenvalue weighted by Crippen LogP contribution is 2.42. The number of carbonyl (C=O) groups excluding carboxylic acids is 1. The van der Waals surface area contributed by atoms with E-state index in [1.807, 2.05) is 20.8 Å². The number of thiazole rings is 1. The van der Waals surface area contributed by atoms with Gasteiger partial charge < -0.3 is 15.4 Å². The molecule has 10 nitrogen and oxygen atoms in total. The number of sulfonamides is 1. The zero-order chi connectivity index (χ0) is 29.1. The zero-order valence-electron chi connectivity index (χ0n) is 23.2. The summed E-state index contributed by atoms with van der Waals surface area (Å²) in [6, 6.07) is 6.10. The number of benzene rings is 1. The van der Waals surface area contributed by atoms with Gasteiger partial charge in [0.05, 0.1) is 39.3 Å². The molecule has 13 heteroatoms. The first-order chi connectivity index (χ1) is 18.9. The van der Waals surface area contributed by atoms with Crippen LogP contribution in [-0.4, -0.2) is 54.4 Å². The van der Waals surface area contributed by atoms with E-state index in [1.54, 1.807) is 31.3 Å². The van der Waals surface area contributed by atoms with Crippen molar-refractivity contribution in [2.24, 2.45) is 0 Å². The third kappa shape index (κ3) is 6.87. The molecule has 4 rings (SSSR count). The van der Waals surface area contributed by atoms with E-state index >= 15 is 4.39 Å². The first-order valence-electron chi connectivity index (χ1n) is 13.1. The lowest BCUT2D eigenvalue weighted by molar-refractivity contribution is 0.168. The molecule has 0 bridgehead atoms. The van der Waals surface area contributed by atoms with Gasteiger partial charge in [-0.1, -0.05) is 39.7 Å². The largest absolute Gasteiger partial charge is 0.453 e. The normalized spacial score (nSPS) is 15.1. The molecule has 1 saturated carbocycles. The van der Waals surface area contributed by atoms with E-state index in [0.717, 1.165) is 17.8 Å². The Balaban J connectivity index is 1.69. The molecule has 1 amide bonds. The number of carbonyl (C=O) groups is 1. The number of nitrogens with one attached hydrogen (secondary N) is 3. The van der Waals surface area contributed by atoms with Crippen LogP contribution in [0, 0.1) is 5.82 Å². The molecule has 3 N–H and O–H groups in total. The smallest absolute Gasteiger partial charge is 0.407 e. The fraction of sp³-hybridized carbons (Fsp3) is 0.481. The number of nitrogens with zero attached hydrogens (tertiary/aromatic N) is 3. The first-order valence-corrected chi connectivity index (χ1v) is 15.5. The Kier molecular flexibility index (Phi) is 8.93. The van der Waals surface area contributed by atoms with Crippen molar-refractivity contribution in [2.75, 3.05) is 23.7 Å². The Morgan fingerprint density at radius 1 is 1.20 bits per heavy atom. The summed E-state index contributed by atoms with van der Waals surface area (Å²) >= 11 is 1.40. The predicted molar refractivity (Wildman–Crippen MR) is 156 cm³/mol. The van der Waals surface area contributed by atoms with Crippen molar-refractivity contribution < 1.29 is 22.3 Å². The Morgan fingerprint density at radius 3 is 2.60 bits per heavy atom. The summed E-state index contributed by atoms with van der Waals surface area (Å²) in [6.45, 7) is 8.21. The first kappa shape index (κ1) is 29.7. The van der Waals surface area contributed by atoms with Gasteiger partial charge in [-0.15, -0.1) is 11.3 Å². The van der Waals surface area contributed by atoms with E-state index in [0.29, 0.717) is 41.6 Å². The Bertz CT molecular complexity index is 1470. The number of halogens is 1. The molecule has 216 valence electrons. The Labute approximate surface area is 238 Å². The maximum Gasteiger partial charge on any atom is 0.407 e. The average Bonchev–Trinajstić information content (AvgIpc) is 3.60. The van der Waals surface area contributed by atoms with E-state index in [2.05, 4.69) is 30.1 Å². The summed E-state index contributed by atoms with van der Waals surface area (Å²) < 4.78 is 48.9. The van der Waals surface area contributed by atoms with Crippen LogP contribution in [0.25, 0.3) is 21.8 Å².